The van der Waals surface area contributed by atoms with Crippen LogP contribution in [-0.4, -0.2) is 27.7 Å². The molecule has 0 aliphatic carbocycles. The number of hydrogen-bond donors (Lipinski definition) is 0. The number of esters is 1. The van der Waals surface area contributed by atoms with Crippen LogP contribution in [0.5, 0.6) is 0 Å². The molecule has 0 atom stereocenters. The van der Waals surface area contributed by atoms with Crippen LogP contribution < -0.4 is 0 Å². The van der Waals surface area contributed by atoms with Gasteiger partial charge in [-0.05, 0) is 24.0 Å². The lowest BCUT2D eigenvalue weighted by molar-refractivity contribution is 0.0600. The number of fused-ring (bicyclic) bond motifs is 1. The Hall–Kier alpha value is -1.91. The van der Waals surface area contributed by atoms with E-state index < -0.39 is 0 Å². The fourth-order valence-electron chi connectivity index (χ4n) is 1.83. The van der Waals surface area contributed by atoms with Gasteiger partial charge in [-0.25, -0.2) is 4.79 Å². The molecule has 5 heteroatoms. The molecular weight excluding hydrogens is 242 g/mol. The number of carbonyl (C=O) groups is 1. The van der Waals surface area contributed by atoms with Gasteiger partial charge in [-0.3, -0.25) is 4.40 Å². The zero-order valence-electron chi connectivity index (χ0n) is 11.8. The number of nitrogens with zero attached hydrogens (tertiary/aromatic N) is 3. The predicted octanol–water partition coefficient (Wildman–Crippen LogP) is 2.49. The zero-order valence-corrected chi connectivity index (χ0v) is 11.8. The van der Waals surface area contributed by atoms with Crippen molar-refractivity contribution in [1.82, 2.24) is 14.6 Å². The number of rotatable bonds is 3. The molecule has 0 unspecified atom stereocenters. The molecule has 0 aromatic carbocycles. The van der Waals surface area contributed by atoms with Crippen molar-refractivity contribution in [2.75, 3.05) is 7.11 Å². The van der Waals surface area contributed by atoms with E-state index >= 15 is 0 Å². The lowest BCUT2D eigenvalue weighted by atomic mass is 9.90. The lowest BCUT2D eigenvalue weighted by Crippen LogP contribution is -2.09. The largest absolute Gasteiger partial charge is 0.465 e. The Kier molecular flexibility index (Phi) is 3.55. The minimum atomic E-state index is -0.350. The van der Waals surface area contributed by atoms with E-state index in [1.807, 2.05) is 4.40 Å². The quantitative estimate of drug-likeness (QED) is 0.796. The summed E-state index contributed by atoms with van der Waals surface area (Å²) in [7, 11) is 1.37. The highest BCUT2D eigenvalue weighted by Gasteiger charge is 2.14. The predicted molar refractivity (Wildman–Crippen MR) is 72.1 cm³/mol. The van der Waals surface area contributed by atoms with Crippen LogP contribution >= 0.6 is 0 Å². The van der Waals surface area contributed by atoms with Crippen molar-refractivity contribution < 1.29 is 9.53 Å². The standard InChI is InChI=1S/C14H19N3O2/c1-14(2,3)8-7-12-16-15-11-6-5-10(9-17(11)12)13(18)19-4/h5-6,9H,7-8H2,1-4H3. The van der Waals surface area contributed by atoms with Crippen molar-refractivity contribution >= 4 is 11.6 Å². The molecule has 2 aromatic rings. The zero-order chi connectivity index (χ0) is 14.0. The van der Waals surface area contributed by atoms with Crippen LogP contribution in [0.4, 0.5) is 0 Å². The second-order valence-electron chi connectivity index (χ2n) is 5.81. The molecule has 0 N–H and O–H groups in total. The molecule has 0 spiro atoms. The van der Waals surface area contributed by atoms with Gasteiger partial charge in [0.15, 0.2) is 5.65 Å². The Morgan fingerprint density at radius 1 is 1.32 bits per heavy atom. The van der Waals surface area contributed by atoms with E-state index in [0.717, 1.165) is 24.3 Å². The van der Waals surface area contributed by atoms with Crippen molar-refractivity contribution in [2.45, 2.75) is 33.6 Å². The highest BCUT2D eigenvalue weighted by Crippen LogP contribution is 2.21. The van der Waals surface area contributed by atoms with E-state index in [-0.39, 0.29) is 11.4 Å². The number of methoxy groups -OCH3 is 1. The first-order valence-electron chi connectivity index (χ1n) is 6.33. The highest BCUT2D eigenvalue weighted by atomic mass is 16.5. The highest BCUT2D eigenvalue weighted by molar-refractivity contribution is 5.89. The van der Waals surface area contributed by atoms with E-state index in [1.54, 1.807) is 18.3 Å². The van der Waals surface area contributed by atoms with Gasteiger partial charge in [-0.15, -0.1) is 10.2 Å². The van der Waals surface area contributed by atoms with Crippen LogP contribution in [-0.2, 0) is 11.2 Å². The number of ether oxygens (including phenoxy) is 1. The second-order valence-corrected chi connectivity index (χ2v) is 5.81. The van der Waals surface area contributed by atoms with Gasteiger partial charge < -0.3 is 4.74 Å². The van der Waals surface area contributed by atoms with E-state index in [4.69, 9.17) is 4.74 Å². The summed E-state index contributed by atoms with van der Waals surface area (Å²) in [6.45, 7) is 6.57. The Bertz CT molecular complexity index is 596. The summed E-state index contributed by atoms with van der Waals surface area (Å²) >= 11 is 0. The maximum atomic E-state index is 11.5. The van der Waals surface area contributed by atoms with Crippen LogP contribution in [0.1, 0.15) is 43.4 Å². The van der Waals surface area contributed by atoms with Gasteiger partial charge in [-0.2, -0.15) is 0 Å². The number of carbonyl (C=O) groups excluding carboxylic acids is 1. The van der Waals surface area contributed by atoms with E-state index in [9.17, 15) is 4.79 Å². The fourth-order valence-corrected chi connectivity index (χ4v) is 1.83. The first-order valence-corrected chi connectivity index (χ1v) is 6.33. The Morgan fingerprint density at radius 2 is 2.05 bits per heavy atom. The number of hydrogen-bond acceptors (Lipinski definition) is 4. The van der Waals surface area contributed by atoms with Crippen LogP contribution in [0, 0.1) is 5.41 Å². The first kappa shape index (κ1) is 13.5. The van der Waals surface area contributed by atoms with Crippen molar-refractivity contribution in [3.8, 4) is 0 Å². The van der Waals surface area contributed by atoms with Gasteiger partial charge in [0.25, 0.3) is 0 Å². The van der Waals surface area contributed by atoms with E-state index in [0.29, 0.717) is 5.56 Å². The molecule has 0 aliphatic rings. The molecule has 0 bridgehead atoms. The third kappa shape index (κ3) is 3.10. The number of pyridine rings is 1. The van der Waals surface area contributed by atoms with Crippen molar-refractivity contribution in [2.24, 2.45) is 5.41 Å². The minimum Gasteiger partial charge on any atom is -0.465 e. The Labute approximate surface area is 112 Å². The molecule has 0 saturated heterocycles. The van der Waals surface area contributed by atoms with E-state index in [1.165, 1.54) is 7.11 Å². The molecule has 0 fully saturated rings. The molecule has 0 amide bonds. The molecule has 2 aromatic heterocycles. The van der Waals surface area contributed by atoms with Gasteiger partial charge in [0.05, 0.1) is 12.7 Å². The van der Waals surface area contributed by atoms with Crippen LogP contribution in [0.25, 0.3) is 5.65 Å². The molecule has 19 heavy (non-hydrogen) atoms. The van der Waals surface area contributed by atoms with Crippen LogP contribution in [0.15, 0.2) is 18.3 Å². The average molecular weight is 261 g/mol. The maximum absolute atomic E-state index is 11.5. The van der Waals surface area contributed by atoms with Gasteiger partial charge >= 0.3 is 5.97 Å². The molecule has 102 valence electrons. The first-order chi connectivity index (χ1) is 8.90. The van der Waals surface area contributed by atoms with Crippen molar-refractivity contribution in [3.05, 3.63) is 29.7 Å². The third-order valence-electron chi connectivity index (χ3n) is 2.99. The summed E-state index contributed by atoms with van der Waals surface area (Å²) in [4.78, 5) is 11.5. The van der Waals surface area contributed by atoms with Crippen molar-refractivity contribution in [3.63, 3.8) is 0 Å². The van der Waals surface area contributed by atoms with E-state index in [2.05, 4.69) is 31.0 Å². The molecule has 2 heterocycles. The monoisotopic (exact) mass is 261 g/mol. The van der Waals surface area contributed by atoms with Gasteiger partial charge in [0, 0.05) is 12.6 Å². The topological polar surface area (TPSA) is 56.5 Å². The smallest absolute Gasteiger partial charge is 0.339 e. The van der Waals surface area contributed by atoms with Crippen LogP contribution in [0.2, 0.25) is 0 Å². The molecule has 0 saturated carbocycles. The van der Waals surface area contributed by atoms with Crippen LogP contribution in [0.3, 0.4) is 0 Å². The average Bonchev–Trinajstić information content (AvgIpc) is 2.76. The minimum absolute atomic E-state index is 0.242. The maximum Gasteiger partial charge on any atom is 0.339 e. The summed E-state index contributed by atoms with van der Waals surface area (Å²) in [6.07, 6.45) is 3.57. The molecule has 2 rings (SSSR count). The molecule has 0 aliphatic heterocycles. The normalized spacial score (nSPS) is 11.8. The van der Waals surface area contributed by atoms with Crippen molar-refractivity contribution in [1.29, 1.82) is 0 Å². The molecule has 5 nitrogen and oxygen atoms in total. The summed E-state index contributed by atoms with van der Waals surface area (Å²) in [6, 6.07) is 3.48. The fraction of sp³-hybridized carbons (Fsp3) is 0.500. The Morgan fingerprint density at radius 3 is 2.68 bits per heavy atom. The molecule has 0 radical (unpaired) electrons. The lowest BCUT2D eigenvalue weighted by Gasteiger charge is -2.16. The van der Waals surface area contributed by atoms with Gasteiger partial charge in [0.1, 0.15) is 5.82 Å². The second kappa shape index (κ2) is 4.99. The third-order valence-corrected chi connectivity index (χ3v) is 2.99. The van der Waals surface area contributed by atoms with Gasteiger partial charge in [-0.1, -0.05) is 20.8 Å². The number of aromatic nitrogens is 3. The molecular formula is C14H19N3O2. The SMILES string of the molecule is COC(=O)c1ccc2nnc(CCC(C)(C)C)n2c1. The summed E-state index contributed by atoms with van der Waals surface area (Å²) in [5.74, 6) is 0.521. The summed E-state index contributed by atoms with van der Waals surface area (Å²) in [5, 5.41) is 8.29. The van der Waals surface area contributed by atoms with Gasteiger partial charge in [0.2, 0.25) is 0 Å². The summed E-state index contributed by atoms with van der Waals surface area (Å²) < 4.78 is 6.58. The summed E-state index contributed by atoms with van der Waals surface area (Å²) in [5.41, 5.74) is 1.49. The Balaban J connectivity index is 2.32. The number of aryl methyl sites for hydroxylation is 1.